The summed E-state index contributed by atoms with van der Waals surface area (Å²) in [7, 11) is 0. The maximum atomic E-state index is 12.5. The van der Waals surface area contributed by atoms with Crippen LogP contribution in [0.2, 0.25) is 0 Å². The fourth-order valence-electron chi connectivity index (χ4n) is 3.18. The van der Waals surface area contributed by atoms with Crippen LogP contribution in [-0.2, 0) is 11.3 Å². The molecule has 4 nitrogen and oxygen atoms in total. The van der Waals surface area contributed by atoms with Crippen LogP contribution in [0.15, 0.2) is 54.6 Å². The number of phenolic OH excluding ortho intramolecular Hbond substituents is 1. The number of nitrogens with one attached hydrogen (secondary N) is 1. The number of carbonyl (C=O) groups excluding carboxylic acids is 1. The molecule has 4 heteroatoms. The van der Waals surface area contributed by atoms with Crippen molar-refractivity contribution in [3.05, 3.63) is 71.3 Å². The Morgan fingerprint density at radius 3 is 2.46 bits per heavy atom. The molecular formula is C22H26N2O2. The highest BCUT2D eigenvalue weighted by atomic mass is 16.3. The summed E-state index contributed by atoms with van der Waals surface area (Å²) in [5.74, 6) is 0.345. The molecule has 2 aromatic carbocycles. The molecule has 1 heterocycles. The highest BCUT2D eigenvalue weighted by molar-refractivity contribution is 5.81. The largest absolute Gasteiger partial charge is 0.508 e. The molecule has 0 saturated heterocycles. The minimum Gasteiger partial charge on any atom is -0.508 e. The molecule has 0 saturated carbocycles. The number of aryl methyl sites for hydroxylation is 1. The zero-order valence-corrected chi connectivity index (χ0v) is 15.4. The third kappa shape index (κ3) is 4.52. The van der Waals surface area contributed by atoms with Gasteiger partial charge in [0, 0.05) is 19.6 Å². The van der Waals surface area contributed by atoms with Gasteiger partial charge in [-0.25, -0.2) is 0 Å². The molecule has 0 radical (unpaired) electrons. The molecule has 136 valence electrons. The van der Waals surface area contributed by atoms with Crippen LogP contribution in [-0.4, -0.2) is 35.0 Å². The number of rotatable bonds is 5. The minimum absolute atomic E-state index is 0.0621. The van der Waals surface area contributed by atoms with E-state index in [2.05, 4.69) is 35.3 Å². The second-order valence-electron chi connectivity index (χ2n) is 6.90. The van der Waals surface area contributed by atoms with E-state index >= 15 is 0 Å². The highest BCUT2D eigenvalue weighted by Crippen LogP contribution is 2.24. The van der Waals surface area contributed by atoms with Gasteiger partial charge in [-0.05, 0) is 49.1 Å². The first-order valence-electron chi connectivity index (χ1n) is 9.08. The van der Waals surface area contributed by atoms with Crippen molar-refractivity contribution < 1.29 is 9.90 Å². The normalized spacial score (nSPS) is 16.0. The second kappa shape index (κ2) is 8.19. The first kappa shape index (κ1) is 18.2. The van der Waals surface area contributed by atoms with Gasteiger partial charge in [0.1, 0.15) is 5.75 Å². The van der Waals surface area contributed by atoms with Gasteiger partial charge < -0.3 is 10.4 Å². The molecule has 2 N–H and O–H groups in total. The van der Waals surface area contributed by atoms with Gasteiger partial charge in [-0.1, -0.05) is 48.0 Å². The summed E-state index contributed by atoms with van der Waals surface area (Å²) < 4.78 is 0. The number of hydrogen-bond acceptors (Lipinski definition) is 3. The zero-order chi connectivity index (χ0) is 18.5. The molecule has 1 atom stereocenters. The number of hydrogen-bond donors (Lipinski definition) is 2. The SMILES string of the molecule is Cc1ccc(CNC(=O)C(C)N2CC=C(c3ccc(O)cc3)CC2)cc1. The van der Waals surface area contributed by atoms with Gasteiger partial charge in [0.05, 0.1) is 6.04 Å². The number of aromatic hydroxyl groups is 1. The Balaban J connectivity index is 1.53. The van der Waals surface area contributed by atoms with E-state index in [0.717, 1.165) is 30.6 Å². The Bertz CT molecular complexity index is 779. The van der Waals surface area contributed by atoms with Crippen molar-refractivity contribution in [3.63, 3.8) is 0 Å². The number of nitrogens with zero attached hydrogens (tertiary/aromatic N) is 1. The summed E-state index contributed by atoms with van der Waals surface area (Å²) >= 11 is 0. The van der Waals surface area contributed by atoms with Crippen molar-refractivity contribution in [2.24, 2.45) is 0 Å². The van der Waals surface area contributed by atoms with Crippen molar-refractivity contribution in [3.8, 4) is 5.75 Å². The molecule has 0 bridgehead atoms. The summed E-state index contributed by atoms with van der Waals surface area (Å²) in [6, 6.07) is 15.4. The van der Waals surface area contributed by atoms with E-state index in [1.165, 1.54) is 11.1 Å². The van der Waals surface area contributed by atoms with Gasteiger partial charge in [-0.15, -0.1) is 0 Å². The summed E-state index contributed by atoms with van der Waals surface area (Å²) in [6.45, 7) is 6.19. The van der Waals surface area contributed by atoms with E-state index in [4.69, 9.17) is 0 Å². The van der Waals surface area contributed by atoms with Gasteiger partial charge in [-0.2, -0.15) is 0 Å². The molecule has 0 aromatic heterocycles. The van der Waals surface area contributed by atoms with Crippen LogP contribution in [0.1, 0.15) is 30.0 Å². The topological polar surface area (TPSA) is 52.6 Å². The quantitative estimate of drug-likeness (QED) is 0.868. The van der Waals surface area contributed by atoms with Crippen LogP contribution in [0.25, 0.3) is 5.57 Å². The third-order valence-corrected chi connectivity index (χ3v) is 4.99. The Morgan fingerprint density at radius 1 is 1.15 bits per heavy atom. The van der Waals surface area contributed by atoms with E-state index in [1.807, 2.05) is 31.2 Å². The van der Waals surface area contributed by atoms with Gasteiger partial charge in [-0.3, -0.25) is 9.69 Å². The lowest BCUT2D eigenvalue weighted by Gasteiger charge is -2.31. The predicted octanol–water partition coefficient (Wildman–Crippen LogP) is 3.49. The van der Waals surface area contributed by atoms with Crippen molar-refractivity contribution in [2.75, 3.05) is 13.1 Å². The van der Waals surface area contributed by atoms with Crippen molar-refractivity contribution in [1.29, 1.82) is 0 Å². The van der Waals surface area contributed by atoms with Gasteiger partial charge in [0.15, 0.2) is 0 Å². The molecule has 2 aromatic rings. The second-order valence-corrected chi connectivity index (χ2v) is 6.90. The highest BCUT2D eigenvalue weighted by Gasteiger charge is 2.23. The molecule has 1 unspecified atom stereocenters. The van der Waals surface area contributed by atoms with Crippen LogP contribution in [0.5, 0.6) is 5.75 Å². The lowest BCUT2D eigenvalue weighted by molar-refractivity contribution is -0.125. The summed E-state index contributed by atoms with van der Waals surface area (Å²) in [6.07, 6.45) is 3.08. The standard InChI is InChI=1S/C22H26N2O2/c1-16-3-5-18(6-4-16)15-23-22(26)17(2)24-13-11-20(12-14-24)19-7-9-21(25)10-8-19/h3-11,17,25H,12-15H2,1-2H3,(H,23,26). The van der Waals surface area contributed by atoms with Crippen LogP contribution in [0, 0.1) is 6.92 Å². The lowest BCUT2D eigenvalue weighted by atomic mass is 9.98. The summed E-state index contributed by atoms with van der Waals surface area (Å²) in [5, 5.41) is 12.4. The zero-order valence-electron chi connectivity index (χ0n) is 15.4. The van der Waals surface area contributed by atoms with Crippen LogP contribution in [0.4, 0.5) is 0 Å². The summed E-state index contributed by atoms with van der Waals surface area (Å²) in [4.78, 5) is 14.7. The fourth-order valence-corrected chi connectivity index (χ4v) is 3.18. The monoisotopic (exact) mass is 350 g/mol. The van der Waals surface area contributed by atoms with Crippen LogP contribution >= 0.6 is 0 Å². The third-order valence-electron chi connectivity index (χ3n) is 4.99. The first-order chi connectivity index (χ1) is 12.5. The molecular weight excluding hydrogens is 324 g/mol. The number of phenols is 1. The van der Waals surface area contributed by atoms with E-state index in [0.29, 0.717) is 6.54 Å². The van der Waals surface area contributed by atoms with Crippen LogP contribution in [0.3, 0.4) is 0 Å². The smallest absolute Gasteiger partial charge is 0.237 e. The minimum atomic E-state index is -0.155. The van der Waals surface area contributed by atoms with E-state index in [9.17, 15) is 9.90 Å². The molecule has 1 aliphatic rings. The number of benzene rings is 2. The van der Waals surface area contributed by atoms with Crippen molar-refractivity contribution >= 4 is 11.5 Å². The Labute approximate surface area is 155 Å². The van der Waals surface area contributed by atoms with Crippen molar-refractivity contribution in [1.82, 2.24) is 10.2 Å². The Morgan fingerprint density at radius 2 is 1.85 bits per heavy atom. The van der Waals surface area contributed by atoms with Gasteiger partial charge >= 0.3 is 0 Å². The van der Waals surface area contributed by atoms with E-state index in [-0.39, 0.29) is 17.7 Å². The fraction of sp³-hybridized carbons (Fsp3) is 0.318. The lowest BCUT2D eigenvalue weighted by Crippen LogP contribution is -2.46. The van der Waals surface area contributed by atoms with Gasteiger partial charge in [0.2, 0.25) is 5.91 Å². The van der Waals surface area contributed by atoms with Gasteiger partial charge in [0.25, 0.3) is 0 Å². The molecule has 3 rings (SSSR count). The molecule has 26 heavy (non-hydrogen) atoms. The van der Waals surface area contributed by atoms with Crippen LogP contribution < -0.4 is 5.32 Å². The number of amides is 1. The molecule has 0 spiro atoms. The van der Waals surface area contributed by atoms with Crippen molar-refractivity contribution in [2.45, 2.75) is 32.9 Å². The predicted molar refractivity (Wildman–Crippen MR) is 105 cm³/mol. The van der Waals surface area contributed by atoms with E-state index < -0.39 is 0 Å². The number of carbonyl (C=O) groups is 1. The Kier molecular flexibility index (Phi) is 5.74. The molecule has 0 aliphatic carbocycles. The molecule has 0 fully saturated rings. The Hall–Kier alpha value is -2.59. The van der Waals surface area contributed by atoms with E-state index in [1.54, 1.807) is 12.1 Å². The maximum Gasteiger partial charge on any atom is 0.237 e. The maximum absolute atomic E-state index is 12.5. The average Bonchev–Trinajstić information content (AvgIpc) is 2.67. The first-order valence-corrected chi connectivity index (χ1v) is 9.08. The average molecular weight is 350 g/mol. The summed E-state index contributed by atoms with van der Waals surface area (Å²) in [5.41, 5.74) is 4.75. The molecule has 1 amide bonds. The molecule has 1 aliphatic heterocycles.